The van der Waals surface area contributed by atoms with E-state index in [2.05, 4.69) is 4.74 Å². The molecule has 2 aromatic carbocycles. The molecule has 2 aromatic rings. The fraction of sp³-hybridized carbons (Fsp3) is 0.176. The largest absolute Gasteiger partial charge is 0.493 e. The Bertz CT molecular complexity index is 706. The molecule has 5 nitrogen and oxygen atoms in total. The van der Waals surface area contributed by atoms with Gasteiger partial charge in [0.25, 0.3) is 0 Å². The maximum Gasteiger partial charge on any atom is 0.337 e. The minimum Gasteiger partial charge on any atom is -0.493 e. The fourth-order valence-electron chi connectivity index (χ4n) is 1.96. The Kier molecular flexibility index (Phi) is 4.78. The van der Waals surface area contributed by atoms with E-state index in [0.717, 1.165) is 0 Å². The van der Waals surface area contributed by atoms with Crippen LogP contribution in [-0.2, 0) is 4.74 Å². The van der Waals surface area contributed by atoms with Gasteiger partial charge in [0.15, 0.2) is 17.3 Å². The number of esters is 1. The van der Waals surface area contributed by atoms with Crippen LogP contribution in [0, 0.1) is 0 Å². The quantitative estimate of drug-likeness (QED) is 0.625. The van der Waals surface area contributed by atoms with E-state index in [1.165, 1.54) is 27.2 Å². The SMILES string of the molecule is COC(=O)c1ccc(Oc2ccccc2C(C)=O)c(OC)c1. The van der Waals surface area contributed by atoms with E-state index in [-0.39, 0.29) is 5.78 Å². The average molecular weight is 300 g/mol. The summed E-state index contributed by atoms with van der Waals surface area (Å²) in [4.78, 5) is 23.2. The zero-order valence-corrected chi connectivity index (χ0v) is 12.6. The molecule has 0 aliphatic heterocycles. The summed E-state index contributed by atoms with van der Waals surface area (Å²) < 4.78 is 15.7. The van der Waals surface area contributed by atoms with Gasteiger partial charge in [0.1, 0.15) is 5.75 Å². The molecule has 0 radical (unpaired) electrons. The van der Waals surface area contributed by atoms with Crippen LogP contribution in [0.2, 0.25) is 0 Å². The summed E-state index contributed by atoms with van der Waals surface area (Å²) in [7, 11) is 2.78. The van der Waals surface area contributed by atoms with Crippen molar-refractivity contribution in [2.24, 2.45) is 0 Å². The lowest BCUT2D eigenvalue weighted by Gasteiger charge is -2.13. The van der Waals surface area contributed by atoms with E-state index in [4.69, 9.17) is 9.47 Å². The van der Waals surface area contributed by atoms with Gasteiger partial charge in [-0.25, -0.2) is 4.79 Å². The van der Waals surface area contributed by atoms with Crippen molar-refractivity contribution in [2.45, 2.75) is 6.92 Å². The molecule has 0 heterocycles. The third-order valence-corrected chi connectivity index (χ3v) is 3.07. The van der Waals surface area contributed by atoms with Gasteiger partial charge < -0.3 is 14.2 Å². The second kappa shape index (κ2) is 6.76. The molecular formula is C17H16O5. The molecule has 114 valence electrons. The Morgan fingerprint density at radius 1 is 0.909 bits per heavy atom. The van der Waals surface area contributed by atoms with Crippen molar-refractivity contribution in [2.75, 3.05) is 14.2 Å². The van der Waals surface area contributed by atoms with E-state index in [0.29, 0.717) is 28.4 Å². The topological polar surface area (TPSA) is 61.8 Å². The number of ether oxygens (including phenoxy) is 3. The number of ketones is 1. The Labute approximate surface area is 128 Å². The van der Waals surface area contributed by atoms with Crippen molar-refractivity contribution in [3.63, 3.8) is 0 Å². The standard InChI is InChI=1S/C17H16O5/c1-11(18)13-6-4-5-7-14(13)22-15-9-8-12(17(19)21-3)10-16(15)20-2/h4-10H,1-3H3. The van der Waals surface area contributed by atoms with Crippen LogP contribution in [0.3, 0.4) is 0 Å². The molecule has 5 heteroatoms. The minimum atomic E-state index is -0.464. The number of carbonyl (C=O) groups excluding carboxylic acids is 2. The normalized spacial score (nSPS) is 9.95. The zero-order valence-electron chi connectivity index (χ0n) is 12.6. The van der Waals surface area contributed by atoms with Gasteiger partial charge in [-0.2, -0.15) is 0 Å². The van der Waals surface area contributed by atoms with Crippen LogP contribution >= 0.6 is 0 Å². The summed E-state index contributed by atoms with van der Waals surface area (Å²) in [6, 6.07) is 11.6. The van der Waals surface area contributed by atoms with Gasteiger partial charge >= 0.3 is 5.97 Å². The Morgan fingerprint density at radius 3 is 2.27 bits per heavy atom. The van der Waals surface area contributed by atoms with Crippen molar-refractivity contribution in [1.29, 1.82) is 0 Å². The highest BCUT2D eigenvalue weighted by atomic mass is 16.5. The number of rotatable bonds is 5. The monoisotopic (exact) mass is 300 g/mol. The van der Waals surface area contributed by atoms with Gasteiger partial charge in [-0.15, -0.1) is 0 Å². The van der Waals surface area contributed by atoms with Gasteiger partial charge in [0.05, 0.1) is 25.3 Å². The van der Waals surface area contributed by atoms with Gasteiger partial charge in [-0.05, 0) is 37.3 Å². The summed E-state index contributed by atoms with van der Waals surface area (Å²) in [5.74, 6) is 0.652. The number of benzene rings is 2. The van der Waals surface area contributed by atoms with E-state index >= 15 is 0 Å². The van der Waals surface area contributed by atoms with Crippen LogP contribution in [-0.4, -0.2) is 26.0 Å². The number of hydrogen-bond donors (Lipinski definition) is 0. The van der Waals surface area contributed by atoms with Crippen molar-refractivity contribution >= 4 is 11.8 Å². The van der Waals surface area contributed by atoms with Gasteiger partial charge in [0, 0.05) is 0 Å². The Balaban J connectivity index is 2.38. The van der Waals surface area contributed by atoms with E-state index in [9.17, 15) is 9.59 Å². The van der Waals surface area contributed by atoms with Crippen LogP contribution < -0.4 is 9.47 Å². The molecule has 0 unspecified atom stereocenters. The highest BCUT2D eigenvalue weighted by Crippen LogP contribution is 2.34. The maximum absolute atomic E-state index is 11.6. The summed E-state index contributed by atoms with van der Waals surface area (Å²) in [5.41, 5.74) is 0.827. The summed E-state index contributed by atoms with van der Waals surface area (Å²) in [6.07, 6.45) is 0. The second-order valence-corrected chi connectivity index (χ2v) is 4.51. The number of hydrogen-bond acceptors (Lipinski definition) is 5. The molecule has 0 fully saturated rings. The molecule has 0 amide bonds. The number of methoxy groups -OCH3 is 2. The Morgan fingerprint density at radius 2 is 1.64 bits per heavy atom. The molecule has 0 aliphatic rings. The second-order valence-electron chi connectivity index (χ2n) is 4.51. The maximum atomic E-state index is 11.6. The molecule has 0 saturated carbocycles. The lowest BCUT2D eigenvalue weighted by atomic mass is 10.1. The van der Waals surface area contributed by atoms with Gasteiger partial charge in [-0.1, -0.05) is 12.1 Å². The highest BCUT2D eigenvalue weighted by Gasteiger charge is 2.14. The molecule has 0 saturated heterocycles. The molecule has 0 spiro atoms. The first-order chi connectivity index (χ1) is 10.6. The van der Waals surface area contributed by atoms with Crippen molar-refractivity contribution in [3.05, 3.63) is 53.6 Å². The number of Topliss-reactive ketones (excluding diaryl/α,β-unsaturated/α-hetero) is 1. The van der Waals surface area contributed by atoms with Gasteiger partial charge in [0.2, 0.25) is 0 Å². The zero-order chi connectivity index (χ0) is 16.1. The van der Waals surface area contributed by atoms with E-state index < -0.39 is 5.97 Å². The van der Waals surface area contributed by atoms with E-state index in [1.54, 1.807) is 36.4 Å². The minimum absolute atomic E-state index is 0.0965. The predicted octanol–water partition coefficient (Wildman–Crippen LogP) is 3.48. The Hall–Kier alpha value is -2.82. The molecule has 22 heavy (non-hydrogen) atoms. The fourth-order valence-corrected chi connectivity index (χ4v) is 1.96. The lowest BCUT2D eigenvalue weighted by molar-refractivity contribution is 0.0600. The van der Waals surface area contributed by atoms with Crippen LogP contribution in [0.4, 0.5) is 0 Å². The first kappa shape index (κ1) is 15.6. The summed E-state index contributed by atoms with van der Waals surface area (Å²) >= 11 is 0. The van der Waals surface area contributed by atoms with Crippen LogP contribution in [0.5, 0.6) is 17.2 Å². The molecule has 2 rings (SSSR count). The van der Waals surface area contributed by atoms with Crippen molar-refractivity contribution in [1.82, 2.24) is 0 Å². The average Bonchev–Trinajstić information content (AvgIpc) is 2.54. The smallest absolute Gasteiger partial charge is 0.337 e. The number of carbonyl (C=O) groups is 2. The van der Waals surface area contributed by atoms with E-state index in [1.807, 2.05) is 0 Å². The summed E-state index contributed by atoms with van der Waals surface area (Å²) in [5, 5.41) is 0. The molecule has 0 N–H and O–H groups in total. The predicted molar refractivity (Wildman–Crippen MR) is 80.9 cm³/mol. The van der Waals surface area contributed by atoms with Crippen molar-refractivity contribution < 1.29 is 23.8 Å². The van der Waals surface area contributed by atoms with Crippen LogP contribution in [0.1, 0.15) is 27.6 Å². The molecule has 0 aliphatic carbocycles. The first-order valence-electron chi connectivity index (χ1n) is 6.61. The van der Waals surface area contributed by atoms with Gasteiger partial charge in [-0.3, -0.25) is 4.79 Å². The molecule has 0 atom stereocenters. The molecule has 0 bridgehead atoms. The van der Waals surface area contributed by atoms with Crippen LogP contribution in [0.25, 0.3) is 0 Å². The van der Waals surface area contributed by atoms with Crippen LogP contribution in [0.15, 0.2) is 42.5 Å². The summed E-state index contributed by atoms with van der Waals surface area (Å²) in [6.45, 7) is 1.47. The first-order valence-corrected chi connectivity index (χ1v) is 6.61. The number of para-hydroxylation sites is 1. The lowest BCUT2D eigenvalue weighted by Crippen LogP contribution is -2.02. The molecule has 0 aromatic heterocycles. The van der Waals surface area contributed by atoms with Crippen molar-refractivity contribution in [3.8, 4) is 17.2 Å². The third kappa shape index (κ3) is 3.25. The third-order valence-electron chi connectivity index (χ3n) is 3.07. The molecular weight excluding hydrogens is 284 g/mol. The highest BCUT2D eigenvalue weighted by molar-refractivity contribution is 5.97.